The van der Waals surface area contributed by atoms with Gasteiger partial charge in [-0.2, -0.15) is 0 Å². The Labute approximate surface area is 220 Å². The van der Waals surface area contributed by atoms with Gasteiger partial charge in [-0.15, -0.1) is 0 Å². The zero-order valence-electron chi connectivity index (χ0n) is 21.4. The highest BCUT2D eigenvalue weighted by molar-refractivity contribution is 5.99. The maximum Gasteiger partial charge on any atom is 0.330 e. The third kappa shape index (κ3) is 7.66. The van der Waals surface area contributed by atoms with E-state index in [-0.39, 0.29) is 29.2 Å². The average Bonchev–Trinajstić information content (AvgIpc) is 2.88. The maximum absolute atomic E-state index is 13.0. The summed E-state index contributed by atoms with van der Waals surface area (Å²) < 4.78 is 4.78. The van der Waals surface area contributed by atoms with Crippen LogP contribution in [0.4, 0.5) is 5.95 Å². The molecule has 0 aliphatic rings. The first-order valence-electron chi connectivity index (χ1n) is 12.0. The summed E-state index contributed by atoms with van der Waals surface area (Å²) in [4.78, 5) is 46.5. The van der Waals surface area contributed by atoms with E-state index in [2.05, 4.69) is 25.9 Å². The van der Waals surface area contributed by atoms with Gasteiger partial charge < -0.3 is 30.9 Å². The molecule has 2 aromatic carbocycles. The van der Waals surface area contributed by atoms with E-state index in [1.165, 1.54) is 31.4 Å². The van der Waals surface area contributed by atoms with Gasteiger partial charge in [0.2, 0.25) is 5.95 Å². The highest BCUT2D eigenvalue weighted by Crippen LogP contribution is 2.15. The molecular weight excluding hydrogens is 490 g/mol. The van der Waals surface area contributed by atoms with Crippen LogP contribution in [0.25, 0.3) is 0 Å². The summed E-state index contributed by atoms with van der Waals surface area (Å²) in [5.41, 5.74) is 2.26. The Morgan fingerprint density at radius 3 is 2.24 bits per heavy atom. The lowest BCUT2D eigenvalue weighted by Gasteiger charge is -2.19. The number of benzene rings is 2. The van der Waals surface area contributed by atoms with Crippen LogP contribution in [0.2, 0.25) is 0 Å². The third-order valence-electron chi connectivity index (χ3n) is 5.70. The predicted molar refractivity (Wildman–Crippen MR) is 140 cm³/mol. The van der Waals surface area contributed by atoms with Crippen molar-refractivity contribution < 1.29 is 29.3 Å². The summed E-state index contributed by atoms with van der Waals surface area (Å²) in [6, 6.07) is 11.7. The van der Waals surface area contributed by atoms with Crippen molar-refractivity contribution in [2.45, 2.75) is 32.7 Å². The number of rotatable bonds is 11. The molecule has 3 rings (SSSR count). The zero-order chi connectivity index (χ0) is 27.7. The van der Waals surface area contributed by atoms with Crippen molar-refractivity contribution in [3.63, 3.8) is 0 Å². The number of carbonyl (C=O) groups is 3. The molecule has 1 aromatic heterocycles. The summed E-state index contributed by atoms with van der Waals surface area (Å²) in [7, 11) is 1.18. The van der Waals surface area contributed by atoms with Crippen LogP contribution in [0, 0.1) is 13.8 Å². The minimum Gasteiger partial charge on any atom is -0.508 e. The van der Waals surface area contributed by atoms with Gasteiger partial charge in [-0.05, 0) is 62.6 Å². The average molecular weight is 522 g/mol. The lowest BCUT2D eigenvalue weighted by molar-refractivity contribution is -0.142. The first-order chi connectivity index (χ1) is 18.2. The van der Waals surface area contributed by atoms with E-state index in [1.807, 2.05) is 6.07 Å². The normalized spacial score (nSPS) is 11.3. The second kappa shape index (κ2) is 13.0. The van der Waals surface area contributed by atoms with Gasteiger partial charge in [0.15, 0.2) is 0 Å². The fourth-order valence-electron chi connectivity index (χ4n) is 3.84. The molecule has 0 saturated heterocycles. The Bertz CT molecular complexity index is 1290. The number of esters is 1. The first kappa shape index (κ1) is 27.9. The van der Waals surface area contributed by atoms with Gasteiger partial charge in [-0.25, -0.2) is 14.8 Å². The highest BCUT2D eigenvalue weighted by atomic mass is 16.5. The van der Waals surface area contributed by atoms with Gasteiger partial charge in [0.25, 0.3) is 11.8 Å². The van der Waals surface area contributed by atoms with Crippen molar-refractivity contribution in [3.8, 4) is 11.5 Å². The van der Waals surface area contributed by atoms with Crippen LogP contribution in [0.5, 0.6) is 11.5 Å². The number of methoxy groups -OCH3 is 1. The molecule has 11 heteroatoms. The molecule has 0 aliphatic heterocycles. The number of phenols is 2. The van der Waals surface area contributed by atoms with Gasteiger partial charge in [0.05, 0.1) is 24.1 Å². The van der Waals surface area contributed by atoms with Gasteiger partial charge in [-0.1, -0.05) is 18.2 Å². The molecule has 0 unspecified atom stereocenters. The van der Waals surface area contributed by atoms with Crippen molar-refractivity contribution in [2.24, 2.45) is 0 Å². The predicted octanol–water partition coefficient (Wildman–Crippen LogP) is 2.25. The SMILES string of the molecule is COC(=O)[C@H](CNC(=O)c1cccc(O)c1)NC(=O)c1c(C)nc(NCCCc2cccc(O)c2)nc1C. The van der Waals surface area contributed by atoms with E-state index < -0.39 is 23.8 Å². The molecular formula is C27H31N5O6. The minimum atomic E-state index is -1.16. The van der Waals surface area contributed by atoms with E-state index >= 15 is 0 Å². The van der Waals surface area contributed by atoms with Crippen molar-refractivity contribution in [3.05, 3.63) is 76.6 Å². The number of carbonyl (C=O) groups excluding carboxylic acids is 3. The van der Waals surface area contributed by atoms with E-state index in [1.54, 1.807) is 32.0 Å². The second-order valence-electron chi connectivity index (χ2n) is 8.60. The van der Waals surface area contributed by atoms with Gasteiger partial charge in [0.1, 0.15) is 17.5 Å². The number of hydrogen-bond donors (Lipinski definition) is 5. The van der Waals surface area contributed by atoms with Gasteiger partial charge in [-0.3, -0.25) is 9.59 Å². The topological polar surface area (TPSA) is 163 Å². The number of aromatic nitrogens is 2. The van der Waals surface area contributed by atoms with Crippen LogP contribution < -0.4 is 16.0 Å². The van der Waals surface area contributed by atoms with Crippen LogP contribution in [0.3, 0.4) is 0 Å². The summed E-state index contributed by atoms with van der Waals surface area (Å²) in [5, 5.41) is 27.4. The molecule has 0 bridgehead atoms. The van der Waals surface area contributed by atoms with Gasteiger partial charge >= 0.3 is 5.97 Å². The van der Waals surface area contributed by atoms with Gasteiger partial charge in [0, 0.05) is 18.7 Å². The Morgan fingerprint density at radius 1 is 0.947 bits per heavy atom. The van der Waals surface area contributed by atoms with E-state index in [4.69, 9.17) is 4.74 Å². The number of anilines is 1. The molecule has 5 N–H and O–H groups in total. The number of aromatic hydroxyl groups is 2. The van der Waals surface area contributed by atoms with E-state index in [9.17, 15) is 24.6 Å². The molecule has 1 heterocycles. The number of phenolic OH excluding ortho intramolecular Hbond substituents is 2. The molecule has 0 fully saturated rings. The molecule has 200 valence electrons. The number of hydrogen-bond acceptors (Lipinski definition) is 9. The summed E-state index contributed by atoms with van der Waals surface area (Å²) in [6.07, 6.45) is 1.54. The van der Waals surface area contributed by atoms with Crippen molar-refractivity contribution in [2.75, 3.05) is 25.5 Å². The zero-order valence-corrected chi connectivity index (χ0v) is 21.4. The van der Waals surface area contributed by atoms with Crippen molar-refractivity contribution >= 4 is 23.7 Å². The van der Waals surface area contributed by atoms with Crippen LogP contribution in [-0.2, 0) is 16.0 Å². The third-order valence-corrected chi connectivity index (χ3v) is 5.70. The molecule has 0 saturated carbocycles. The smallest absolute Gasteiger partial charge is 0.330 e. The maximum atomic E-state index is 13.0. The van der Waals surface area contributed by atoms with Crippen molar-refractivity contribution in [1.29, 1.82) is 0 Å². The van der Waals surface area contributed by atoms with E-state index in [0.29, 0.717) is 23.9 Å². The molecule has 0 spiro atoms. The summed E-state index contributed by atoms with van der Waals surface area (Å²) >= 11 is 0. The number of nitrogens with one attached hydrogen (secondary N) is 3. The molecule has 11 nitrogen and oxygen atoms in total. The Morgan fingerprint density at radius 2 is 1.61 bits per heavy atom. The molecule has 38 heavy (non-hydrogen) atoms. The quantitative estimate of drug-likeness (QED) is 0.188. The number of nitrogens with zero attached hydrogens (tertiary/aromatic N) is 2. The fourth-order valence-corrected chi connectivity index (χ4v) is 3.84. The number of amides is 2. The molecule has 0 aliphatic carbocycles. The standard InChI is InChI=1S/C27H31N5O6/c1-16-23(17(2)31-27(30-16)28-12-6-8-18-7-4-10-20(33)13-18)25(36)32-22(26(37)38-3)15-29-24(35)19-9-5-11-21(34)14-19/h4-5,7,9-11,13-14,22,33-34H,6,8,12,15H2,1-3H3,(H,29,35)(H,32,36)(H,28,30,31)/t22-/m0/s1. The molecule has 2 amide bonds. The lowest BCUT2D eigenvalue weighted by atomic mass is 10.1. The second-order valence-corrected chi connectivity index (χ2v) is 8.60. The Balaban J connectivity index is 1.60. The minimum absolute atomic E-state index is 0.0733. The molecule has 0 radical (unpaired) electrons. The Kier molecular flexibility index (Phi) is 9.58. The van der Waals surface area contributed by atoms with E-state index in [0.717, 1.165) is 18.4 Å². The summed E-state index contributed by atoms with van der Waals surface area (Å²) in [5.74, 6) is -1.33. The largest absolute Gasteiger partial charge is 0.508 e. The molecule has 3 aromatic rings. The summed E-state index contributed by atoms with van der Waals surface area (Å²) in [6.45, 7) is 3.69. The van der Waals surface area contributed by atoms with Crippen LogP contribution in [-0.4, -0.2) is 64.2 Å². The molecule has 1 atom stereocenters. The van der Waals surface area contributed by atoms with Crippen molar-refractivity contribution in [1.82, 2.24) is 20.6 Å². The van der Waals surface area contributed by atoms with Crippen LogP contribution in [0.15, 0.2) is 48.5 Å². The highest BCUT2D eigenvalue weighted by Gasteiger charge is 2.25. The van der Waals surface area contributed by atoms with Crippen LogP contribution in [0.1, 0.15) is 44.1 Å². The monoisotopic (exact) mass is 521 g/mol. The first-order valence-corrected chi connectivity index (χ1v) is 12.0. The Hall–Kier alpha value is -4.67. The number of aryl methyl sites for hydroxylation is 3. The van der Waals surface area contributed by atoms with Crippen LogP contribution >= 0.6 is 0 Å². The lowest BCUT2D eigenvalue weighted by Crippen LogP contribution is -2.49. The fraction of sp³-hybridized carbons (Fsp3) is 0.296. The number of ether oxygens (including phenoxy) is 1.